The lowest BCUT2D eigenvalue weighted by Crippen LogP contribution is -2.45. The van der Waals surface area contributed by atoms with Crippen LogP contribution in [0, 0.1) is 0 Å². The number of nitrogens with zero attached hydrogens (tertiary/aromatic N) is 1. The van der Waals surface area contributed by atoms with Gasteiger partial charge in [0.05, 0.1) is 6.04 Å². The number of carbonyl (C=O) groups is 1. The van der Waals surface area contributed by atoms with Gasteiger partial charge in [-0.15, -0.1) is 0 Å². The van der Waals surface area contributed by atoms with Gasteiger partial charge in [-0.05, 0) is 19.8 Å². The Kier molecular flexibility index (Phi) is 3.87. The number of sulfonamides is 1. The van der Waals surface area contributed by atoms with Gasteiger partial charge in [0.25, 0.3) is 0 Å². The molecule has 1 saturated heterocycles. The maximum Gasteiger partial charge on any atom is 0.240 e. The Morgan fingerprint density at radius 2 is 2.00 bits per heavy atom. The van der Waals surface area contributed by atoms with Crippen molar-refractivity contribution in [3.63, 3.8) is 0 Å². The highest BCUT2D eigenvalue weighted by atomic mass is 32.2. The average Bonchev–Trinajstić information content (AvgIpc) is 2.68. The largest absolute Gasteiger partial charge is 0.341 e. The van der Waals surface area contributed by atoms with Gasteiger partial charge < -0.3 is 4.90 Å². The highest BCUT2D eigenvalue weighted by Gasteiger charge is 2.25. The fraction of sp³-hybridized carbons (Fsp3) is 0.667. The van der Waals surface area contributed by atoms with Gasteiger partial charge in [0.1, 0.15) is 0 Å². The normalized spacial score (nSPS) is 18.9. The van der Waals surface area contributed by atoms with Crippen LogP contribution in [-0.2, 0) is 14.8 Å². The summed E-state index contributed by atoms with van der Waals surface area (Å²) in [7, 11) is -3.53. The summed E-state index contributed by atoms with van der Waals surface area (Å²) in [6.45, 7) is 6.15. The van der Waals surface area contributed by atoms with E-state index in [0.29, 0.717) is 0 Å². The summed E-state index contributed by atoms with van der Waals surface area (Å²) >= 11 is 0. The van der Waals surface area contributed by atoms with E-state index in [-0.39, 0.29) is 5.91 Å². The van der Waals surface area contributed by atoms with Crippen LogP contribution in [0.15, 0.2) is 12.0 Å². The minimum atomic E-state index is -3.53. The van der Waals surface area contributed by atoms with Crippen molar-refractivity contribution in [3.05, 3.63) is 12.0 Å². The monoisotopic (exact) mass is 232 g/mol. The lowest BCUT2D eigenvalue weighted by Gasteiger charge is -2.20. The van der Waals surface area contributed by atoms with Gasteiger partial charge in [-0.1, -0.05) is 6.58 Å². The quantitative estimate of drug-likeness (QED) is 0.745. The number of amides is 1. The molecule has 1 fully saturated rings. The van der Waals surface area contributed by atoms with Crippen LogP contribution in [0.5, 0.6) is 0 Å². The Hall–Kier alpha value is -0.880. The van der Waals surface area contributed by atoms with Crippen molar-refractivity contribution in [1.29, 1.82) is 0 Å². The molecule has 0 bridgehead atoms. The number of hydrogen-bond donors (Lipinski definition) is 1. The van der Waals surface area contributed by atoms with Crippen molar-refractivity contribution >= 4 is 15.9 Å². The molecule has 1 unspecified atom stereocenters. The van der Waals surface area contributed by atoms with Gasteiger partial charge in [-0.2, -0.15) is 4.72 Å². The Bertz CT molecular complexity index is 344. The molecule has 0 radical (unpaired) electrons. The van der Waals surface area contributed by atoms with Gasteiger partial charge in [0, 0.05) is 18.5 Å². The molecule has 15 heavy (non-hydrogen) atoms. The molecule has 1 heterocycles. The molecule has 1 aliphatic heterocycles. The zero-order chi connectivity index (χ0) is 11.5. The van der Waals surface area contributed by atoms with Crippen molar-refractivity contribution in [3.8, 4) is 0 Å². The van der Waals surface area contributed by atoms with Gasteiger partial charge in [0.15, 0.2) is 0 Å². The van der Waals surface area contributed by atoms with E-state index in [2.05, 4.69) is 11.3 Å². The summed E-state index contributed by atoms with van der Waals surface area (Å²) in [6, 6.07) is -0.717. The molecule has 1 N–H and O–H groups in total. The maximum atomic E-state index is 11.7. The molecule has 1 atom stereocenters. The smallest absolute Gasteiger partial charge is 0.240 e. The van der Waals surface area contributed by atoms with E-state index in [1.54, 1.807) is 11.8 Å². The molecule has 0 saturated carbocycles. The average molecular weight is 232 g/mol. The minimum Gasteiger partial charge on any atom is -0.341 e. The van der Waals surface area contributed by atoms with E-state index in [9.17, 15) is 13.2 Å². The summed E-state index contributed by atoms with van der Waals surface area (Å²) < 4.78 is 24.5. The molecule has 1 aliphatic rings. The topological polar surface area (TPSA) is 66.5 Å². The summed E-state index contributed by atoms with van der Waals surface area (Å²) in [5, 5.41) is 0.806. The fourth-order valence-electron chi connectivity index (χ4n) is 1.56. The van der Waals surface area contributed by atoms with E-state index in [1.165, 1.54) is 0 Å². The molecule has 86 valence electrons. The van der Waals surface area contributed by atoms with E-state index in [4.69, 9.17) is 0 Å². The predicted octanol–water partition coefficient (Wildman–Crippen LogP) is 0.0602. The number of carbonyl (C=O) groups excluding carboxylic acids is 1. The van der Waals surface area contributed by atoms with Crippen LogP contribution < -0.4 is 4.72 Å². The molecule has 0 spiro atoms. The first-order valence-electron chi connectivity index (χ1n) is 4.90. The predicted molar refractivity (Wildman–Crippen MR) is 57.5 cm³/mol. The highest BCUT2D eigenvalue weighted by Crippen LogP contribution is 2.09. The third-order valence-corrected chi connectivity index (χ3v) is 3.47. The highest BCUT2D eigenvalue weighted by molar-refractivity contribution is 7.92. The lowest BCUT2D eigenvalue weighted by molar-refractivity contribution is -0.131. The van der Waals surface area contributed by atoms with Crippen LogP contribution in [0.4, 0.5) is 0 Å². The molecular formula is C9H16N2O3S. The number of likely N-dealkylation sites (tertiary alicyclic amines) is 1. The molecular weight excluding hydrogens is 216 g/mol. The second-order valence-electron chi connectivity index (χ2n) is 3.58. The van der Waals surface area contributed by atoms with Crippen LogP contribution in [0.3, 0.4) is 0 Å². The maximum absolute atomic E-state index is 11.7. The summed E-state index contributed by atoms with van der Waals surface area (Å²) in [5.74, 6) is -0.169. The van der Waals surface area contributed by atoms with E-state index < -0.39 is 16.1 Å². The van der Waals surface area contributed by atoms with Crippen molar-refractivity contribution in [2.45, 2.75) is 25.8 Å². The first-order chi connectivity index (χ1) is 6.96. The zero-order valence-electron chi connectivity index (χ0n) is 8.77. The van der Waals surface area contributed by atoms with Crippen molar-refractivity contribution < 1.29 is 13.2 Å². The van der Waals surface area contributed by atoms with Gasteiger partial charge in [-0.25, -0.2) is 8.42 Å². The molecule has 0 aromatic carbocycles. The van der Waals surface area contributed by atoms with Crippen molar-refractivity contribution in [2.24, 2.45) is 0 Å². The fourth-order valence-corrected chi connectivity index (χ4v) is 2.25. The summed E-state index contributed by atoms with van der Waals surface area (Å²) in [6.07, 6.45) is 1.99. The van der Waals surface area contributed by atoms with Gasteiger partial charge in [-0.3, -0.25) is 4.79 Å². The Balaban J connectivity index is 2.56. The standard InChI is InChI=1S/C9H16N2O3S/c1-3-15(13,14)10-8(2)9(12)11-6-4-5-7-11/h3,8,10H,1,4-7H2,2H3. The lowest BCUT2D eigenvalue weighted by atomic mass is 10.3. The molecule has 0 aromatic heterocycles. The van der Waals surface area contributed by atoms with Gasteiger partial charge in [0.2, 0.25) is 15.9 Å². The number of hydrogen-bond acceptors (Lipinski definition) is 3. The SMILES string of the molecule is C=CS(=O)(=O)NC(C)C(=O)N1CCCC1. The van der Waals surface area contributed by atoms with Crippen molar-refractivity contribution in [1.82, 2.24) is 9.62 Å². The second kappa shape index (κ2) is 4.76. The van der Waals surface area contributed by atoms with Crippen LogP contribution in [0.1, 0.15) is 19.8 Å². The Morgan fingerprint density at radius 3 is 2.47 bits per heavy atom. The van der Waals surface area contributed by atoms with E-state index in [1.807, 2.05) is 0 Å². The third-order valence-electron chi connectivity index (χ3n) is 2.35. The molecule has 5 nitrogen and oxygen atoms in total. The molecule has 1 rings (SSSR count). The molecule has 1 amide bonds. The minimum absolute atomic E-state index is 0.169. The number of rotatable bonds is 4. The summed E-state index contributed by atoms with van der Waals surface area (Å²) in [5.41, 5.74) is 0. The first-order valence-corrected chi connectivity index (χ1v) is 6.44. The molecule has 0 aliphatic carbocycles. The third kappa shape index (κ3) is 3.32. The summed E-state index contributed by atoms with van der Waals surface area (Å²) in [4.78, 5) is 13.4. The van der Waals surface area contributed by atoms with Crippen molar-refractivity contribution in [2.75, 3.05) is 13.1 Å². The van der Waals surface area contributed by atoms with Crippen LogP contribution >= 0.6 is 0 Å². The van der Waals surface area contributed by atoms with Crippen LogP contribution in [-0.4, -0.2) is 38.4 Å². The van der Waals surface area contributed by atoms with Crippen LogP contribution in [0.25, 0.3) is 0 Å². The van der Waals surface area contributed by atoms with Gasteiger partial charge >= 0.3 is 0 Å². The second-order valence-corrected chi connectivity index (χ2v) is 5.24. The first kappa shape index (κ1) is 12.2. The van der Waals surface area contributed by atoms with Crippen LogP contribution in [0.2, 0.25) is 0 Å². The molecule has 6 heteroatoms. The molecule has 0 aromatic rings. The number of nitrogens with one attached hydrogen (secondary N) is 1. The Morgan fingerprint density at radius 1 is 1.47 bits per heavy atom. The van der Waals surface area contributed by atoms with E-state index in [0.717, 1.165) is 31.3 Å². The Labute approximate surface area is 90.2 Å². The van der Waals surface area contributed by atoms with E-state index >= 15 is 0 Å². The zero-order valence-corrected chi connectivity index (χ0v) is 9.59.